The molecule has 22 heavy (non-hydrogen) atoms. The molecule has 1 aliphatic rings. The smallest absolute Gasteiger partial charge is 0.0991 e. The molecule has 1 heteroatoms. The highest BCUT2D eigenvalue weighted by atomic mass is 14.2. The van der Waals surface area contributed by atoms with Crippen LogP contribution in [0.3, 0.4) is 0 Å². The average molecular weight is 289 g/mol. The molecule has 1 nitrogen and oxygen atoms in total. The summed E-state index contributed by atoms with van der Waals surface area (Å²) in [5.41, 5.74) is 4.84. The molecule has 0 aromatic heterocycles. The van der Waals surface area contributed by atoms with E-state index in [4.69, 9.17) is 5.26 Å². The van der Waals surface area contributed by atoms with E-state index in [0.29, 0.717) is 0 Å². The van der Waals surface area contributed by atoms with Crippen molar-refractivity contribution in [1.29, 1.82) is 5.26 Å². The molecule has 2 aromatic carbocycles. The van der Waals surface area contributed by atoms with E-state index in [1.807, 2.05) is 12.1 Å². The molecule has 0 N–H and O–H groups in total. The second-order valence-corrected chi connectivity index (χ2v) is 6.68. The number of nitriles is 1. The van der Waals surface area contributed by atoms with Crippen LogP contribution in [0.5, 0.6) is 0 Å². The Morgan fingerprint density at radius 3 is 1.95 bits per heavy atom. The molecule has 0 unspecified atom stereocenters. The van der Waals surface area contributed by atoms with Gasteiger partial charge in [0, 0.05) is 0 Å². The van der Waals surface area contributed by atoms with Crippen molar-refractivity contribution >= 4 is 0 Å². The van der Waals surface area contributed by atoms with E-state index >= 15 is 0 Å². The Hall–Kier alpha value is -2.07. The van der Waals surface area contributed by atoms with Crippen LogP contribution >= 0.6 is 0 Å². The molecule has 1 saturated carbocycles. The molecule has 0 bridgehead atoms. The van der Waals surface area contributed by atoms with Crippen LogP contribution in [-0.2, 0) is 6.42 Å². The van der Waals surface area contributed by atoms with Crippen molar-refractivity contribution < 1.29 is 0 Å². The fourth-order valence-corrected chi connectivity index (χ4v) is 3.43. The molecule has 3 rings (SSSR count). The molecule has 0 spiro atoms. The number of nitrogens with zero attached hydrogens (tertiary/aromatic N) is 1. The Bertz CT molecular complexity index is 638. The van der Waals surface area contributed by atoms with Gasteiger partial charge in [0.1, 0.15) is 0 Å². The van der Waals surface area contributed by atoms with Gasteiger partial charge in [-0.25, -0.2) is 0 Å². The first-order valence-corrected chi connectivity index (χ1v) is 8.32. The highest BCUT2D eigenvalue weighted by molar-refractivity contribution is 5.35. The van der Waals surface area contributed by atoms with Crippen LogP contribution in [0.2, 0.25) is 0 Å². The molecule has 2 aromatic rings. The van der Waals surface area contributed by atoms with Crippen molar-refractivity contribution in [3.8, 4) is 6.07 Å². The minimum absolute atomic E-state index is 0.727. The lowest BCUT2D eigenvalue weighted by Gasteiger charge is -2.26. The van der Waals surface area contributed by atoms with Gasteiger partial charge in [0.05, 0.1) is 11.6 Å². The van der Waals surface area contributed by atoms with E-state index in [1.54, 1.807) is 0 Å². The molecule has 112 valence electrons. The quantitative estimate of drug-likeness (QED) is 0.737. The first-order valence-electron chi connectivity index (χ1n) is 8.32. The molecule has 0 saturated heterocycles. The van der Waals surface area contributed by atoms with Crippen LogP contribution in [0.15, 0.2) is 48.5 Å². The van der Waals surface area contributed by atoms with E-state index in [9.17, 15) is 0 Å². The van der Waals surface area contributed by atoms with Crippen LogP contribution < -0.4 is 0 Å². The molecule has 0 radical (unpaired) electrons. The number of hydrogen-bond donors (Lipinski definition) is 0. The zero-order valence-electron chi connectivity index (χ0n) is 13.3. The monoisotopic (exact) mass is 289 g/mol. The molecular formula is C21H23N. The zero-order valence-corrected chi connectivity index (χ0v) is 13.3. The van der Waals surface area contributed by atoms with Crippen molar-refractivity contribution in [2.75, 3.05) is 0 Å². The van der Waals surface area contributed by atoms with Crippen molar-refractivity contribution in [2.24, 2.45) is 5.92 Å². The van der Waals surface area contributed by atoms with Crippen molar-refractivity contribution in [1.82, 2.24) is 0 Å². The van der Waals surface area contributed by atoms with Gasteiger partial charge in [-0.15, -0.1) is 0 Å². The topological polar surface area (TPSA) is 23.8 Å². The Kier molecular flexibility index (Phi) is 4.59. The highest BCUT2D eigenvalue weighted by Gasteiger charge is 2.19. The standard InChI is InChI=1S/C21H23N/c1-16-2-10-20(11-3-16)21-12-8-18(9-13-21)14-17-4-6-19(15-22)7-5-17/h4-9,12-13,16,20H,2-3,10-11,14H2,1H3. The van der Waals surface area contributed by atoms with Crippen LogP contribution in [0.25, 0.3) is 0 Å². The zero-order chi connectivity index (χ0) is 15.4. The van der Waals surface area contributed by atoms with Gasteiger partial charge in [0.25, 0.3) is 0 Å². The van der Waals surface area contributed by atoms with Gasteiger partial charge in [-0.2, -0.15) is 5.26 Å². The lowest BCUT2D eigenvalue weighted by atomic mass is 9.79. The normalized spacial score (nSPS) is 21.3. The van der Waals surface area contributed by atoms with Crippen molar-refractivity contribution in [3.05, 3.63) is 70.8 Å². The predicted molar refractivity (Wildman–Crippen MR) is 90.8 cm³/mol. The second kappa shape index (κ2) is 6.79. The van der Waals surface area contributed by atoms with E-state index in [0.717, 1.165) is 23.8 Å². The van der Waals surface area contributed by atoms with Crippen LogP contribution in [0.1, 0.15) is 60.8 Å². The number of hydrogen-bond acceptors (Lipinski definition) is 1. The Morgan fingerprint density at radius 2 is 1.41 bits per heavy atom. The lowest BCUT2D eigenvalue weighted by molar-refractivity contribution is 0.348. The summed E-state index contributed by atoms with van der Waals surface area (Å²) in [5, 5.41) is 8.84. The maximum atomic E-state index is 8.84. The first-order chi connectivity index (χ1) is 10.7. The van der Waals surface area contributed by atoms with Gasteiger partial charge in [-0.1, -0.05) is 56.2 Å². The van der Waals surface area contributed by atoms with E-state index in [-0.39, 0.29) is 0 Å². The van der Waals surface area contributed by atoms with Crippen LogP contribution in [-0.4, -0.2) is 0 Å². The predicted octanol–water partition coefficient (Wildman–Crippen LogP) is 5.44. The summed E-state index contributed by atoms with van der Waals surface area (Å²) >= 11 is 0. The summed E-state index contributed by atoms with van der Waals surface area (Å²) in [7, 11) is 0. The third-order valence-corrected chi connectivity index (χ3v) is 4.96. The maximum Gasteiger partial charge on any atom is 0.0991 e. The van der Waals surface area contributed by atoms with E-state index < -0.39 is 0 Å². The third kappa shape index (κ3) is 3.57. The number of rotatable bonds is 3. The minimum Gasteiger partial charge on any atom is -0.192 e. The van der Waals surface area contributed by atoms with E-state index in [1.165, 1.54) is 42.4 Å². The minimum atomic E-state index is 0.727. The Labute approximate surface area is 133 Å². The maximum absolute atomic E-state index is 8.84. The van der Waals surface area contributed by atoms with Gasteiger partial charge in [-0.05, 0) is 59.9 Å². The Balaban J connectivity index is 1.65. The summed E-state index contributed by atoms with van der Waals surface area (Å²) in [4.78, 5) is 0. The average Bonchev–Trinajstić information content (AvgIpc) is 2.57. The van der Waals surface area contributed by atoms with Gasteiger partial charge >= 0.3 is 0 Å². The molecule has 0 heterocycles. The fraction of sp³-hybridized carbons (Fsp3) is 0.381. The molecule has 1 fully saturated rings. The van der Waals surface area contributed by atoms with Crippen molar-refractivity contribution in [3.63, 3.8) is 0 Å². The highest BCUT2D eigenvalue weighted by Crippen LogP contribution is 2.35. The third-order valence-electron chi connectivity index (χ3n) is 4.96. The summed E-state index contributed by atoms with van der Waals surface area (Å²) in [6, 6.07) is 19.2. The first kappa shape index (κ1) is 14.9. The largest absolute Gasteiger partial charge is 0.192 e. The van der Waals surface area contributed by atoms with Crippen LogP contribution in [0.4, 0.5) is 0 Å². The van der Waals surface area contributed by atoms with Gasteiger partial charge < -0.3 is 0 Å². The molecule has 0 aliphatic heterocycles. The summed E-state index contributed by atoms with van der Waals surface area (Å²) in [6.07, 6.45) is 6.37. The summed E-state index contributed by atoms with van der Waals surface area (Å²) < 4.78 is 0. The lowest BCUT2D eigenvalue weighted by Crippen LogP contribution is -2.10. The molecule has 0 amide bonds. The second-order valence-electron chi connectivity index (χ2n) is 6.68. The summed E-state index contributed by atoms with van der Waals surface area (Å²) in [5.74, 6) is 1.67. The van der Waals surface area contributed by atoms with Crippen LogP contribution in [0, 0.1) is 17.2 Å². The molecular weight excluding hydrogens is 266 g/mol. The number of benzene rings is 2. The van der Waals surface area contributed by atoms with Gasteiger partial charge in [-0.3, -0.25) is 0 Å². The Morgan fingerprint density at radius 1 is 0.864 bits per heavy atom. The van der Waals surface area contributed by atoms with E-state index in [2.05, 4.69) is 49.4 Å². The SMILES string of the molecule is CC1CCC(c2ccc(Cc3ccc(C#N)cc3)cc2)CC1. The molecule has 1 aliphatic carbocycles. The van der Waals surface area contributed by atoms with Crippen molar-refractivity contribution in [2.45, 2.75) is 44.9 Å². The van der Waals surface area contributed by atoms with Gasteiger partial charge in [0.15, 0.2) is 0 Å². The summed E-state index contributed by atoms with van der Waals surface area (Å²) in [6.45, 7) is 2.37. The fourth-order valence-electron chi connectivity index (χ4n) is 3.43. The molecule has 0 atom stereocenters. The van der Waals surface area contributed by atoms with Gasteiger partial charge in [0.2, 0.25) is 0 Å².